The van der Waals surface area contributed by atoms with Crippen LogP contribution >= 0.6 is 0 Å². The molecule has 24 heavy (non-hydrogen) atoms. The van der Waals surface area contributed by atoms with E-state index in [1.165, 1.54) is 4.52 Å². The molecule has 0 aliphatic heterocycles. The SMILES string of the molecule is Cc1cccc(NC(=O)COC(=O)c2nc3nccc(C)n3n2)c1. The summed E-state index contributed by atoms with van der Waals surface area (Å²) in [5.74, 6) is -1.06. The van der Waals surface area contributed by atoms with Crippen molar-refractivity contribution >= 4 is 23.3 Å². The van der Waals surface area contributed by atoms with E-state index in [4.69, 9.17) is 4.74 Å². The number of rotatable bonds is 4. The molecule has 2 heterocycles. The van der Waals surface area contributed by atoms with Gasteiger partial charge in [-0.1, -0.05) is 12.1 Å². The first-order valence-corrected chi connectivity index (χ1v) is 7.25. The zero-order valence-electron chi connectivity index (χ0n) is 13.2. The third-order valence-electron chi connectivity index (χ3n) is 3.25. The number of hydrogen-bond acceptors (Lipinski definition) is 6. The molecule has 0 aliphatic carbocycles. The molecule has 1 N–H and O–H groups in total. The van der Waals surface area contributed by atoms with Crippen molar-refractivity contribution < 1.29 is 14.3 Å². The quantitative estimate of drug-likeness (QED) is 0.731. The monoisotopic (exact) mass is 325 g/mol. The molecule has 0 aliphatic rings. The van der Waals surface area contributed by atoms with Crippen LogP contribution in [0.3, 0.4) is 0 Å². The molecule has 1 amide bonds. The Morgan fingerprint density at radius 2 is 2.08 bits per heavy atom. The summed E-state index contributed by atoms with van der Waals surface area (Å²) >= 11 is 0. The molecule has 0 bridgehead atoms. The number of aryl methyl sites for hydroxylation is 2. The summed E-state index contributed by atoms with van der Waals surface area (Å²) < 4.78 is 6.38. The van der Waals surface area contributed by atoms with Crippen LogP contribution in [0.4, 0.5) is 5.69 Å². The highest BCUT2D eigenvalue weighted by molar-refractivity contribution is 5.94. The number of nitrogens with one attached hydrogen (secondary N) is 1. The van der Waals surface area contributed by atoms with Gasteiger partial charge in [-0.05, 0) is 37.6 Å². The second-order valence-corrected chi connectivity index (χ2v) is 5.23. The summed E-state index contributed by atoms with van der Waals surface area (Å²) in [5.41, 5.74) is 2.44. The fraction of sp³-hybridized carbons (Fsp3) is 0.188. The summed E-state index contributed by atoms with van der Waals surface area (Å²) in [6, 6.07) is 9.06. The van der Waals surface area contributed by atoms with Crippen molar-refractivity contribution in [3.63, 3.8) is 0 Å². The van der Waals surface area contributed by atoms with Gasteiger partial charge in [0, 0.05) is 17.6 Å². The molecule has 0 saturated carbocycles. The van der Waals surface area contributed by atoms with E-state index in [1.807, 2.05) is 32.0 Å². The number of nitrogens with zero attached hydrogens (tertiary/aromatic N) is 4. The molecule has 0 spiro atoms. The van der Waals surface area contributed by atoms with E-state index in [0.29, 0.717) is 11.5 Å². The van der Waals surface area contributed by atoms with Crippen LogP contribution in [-0.4, -0.2) is 38.1 Å². The van der Waals surface area contributed by atoms with E-state index >= 15 is 0 Å². The standard InChI is InChI=1S/C16H15N5O3/c1-10-4-3-5-12(8-10)18-13(22)9-24-15(23)14-19-16-17-7-6-11(2)21(16)20-14/h3-8H,9H2,1-2H3,(H,18,22). The number of fused-ring (bicyclic) bond motifs is 1. The van der Waals surface area contributed by atoms with Gasteiger partial charge in [-0.25, -0.2) is 14.3 Å². The van der Waals surface area contributed by atoms with E-state index in [2.05, 4.69) is 20.4 Å². The van der Waals surface area contributed by atoms with Crippen molar-refractivity contribution in [2.75, 3.05) is 11.9 Å². The second-order valence-electron chi connectivity index (χ2n) is 5.23. The number of aromatic nitrogens is 4. The minimum atomic E-state index is -0.778. The van der Waals surface area contributed by atoms with E-state index < -0.39 is 18.5 Å². The average Bonchev–Trinajstić information content (AvgIpc) is 2.98. The lowest BCUT2D eigenvalue weighted by Crippen LogP contribution is -2.21. The summed E-state index contributed by atoms with van der Waals surface area (Å²) in [6.45, 7) is 3.31. The van der Waals surface area contributed by atoms with Crippen LogP contribution in [0.15, 0.2) is 36.5 Å². The number of carbonyl (C=O) groups excluding carboxylic acids is 2. The molecular formula is C16H15N5O3. The Bertz CT molecular complexity index is 919. The van der Waals surface area contributed by atoms with Crippen molar-refractivity contribution in [3.8, 4) is 0 Å². The predicted molar refractivity (Wildman–Crippen MR) is 85.6 cm³/mol. The van der Waals surface area contributed by atoms with Crippen molar-refractivity contribution in [1.82, 2.24) is 19.6 Å². The smallest absolute Gasteiger partial charge is 0.378 e. The van der Waals surface area contributed by atoms with Crippen LogP contribution in [-0.2, 0) is 9.53 Å². The summed E-state index contributed by atoms with van der Waals surface area (Å²) in [4.78, 5) is 31.8. The molecule has 1 aromatic carbocycles. The van der Waals surface area contributed by atoms with Gasteiger partial charge in [0.15, 0.2) is 6.61 Å². The Morgan fingerprint density at radius 1 is 1.25 bits per heavy atom. The Hall–Kier alpha value is -3.29. The highest BCUT2D eigenvalue weighted by Crippen LogP contribution is 2.09. The lowest BCUT2D eigenvalue weighted by atomic mass is 10.2. The maximum atomic E-state index is 12.0. The van der Waals surface area contributed by atoms with Gasteiger partial charge in [0.05, 0.1) is 0 Å². The third kappa shape index (κ3) is 3.37. The highest BCUT2D eigenvalue weighted by Gasteiger charge is 2.17. The fourth-order valence-electron chi connectivity index (χ4n) is 2.11. The number of benzene rings is 1. The molecule has 0 unspecified atom stereocenters. The fourth-order valence-corrected chi connectivity index (χ4v) is 2.11. The van der Waals surface area contributed by atoms with E-state index in [1.54, 1.807) is 18.3 Å². The molecule has 0 fully saturated rings. The van der Waals surface area contributed by atoms with Crippen LogP contribution in [0.25, 0.3) is 5.78 Å². The summed E-state index contributed by atoms with van der Waals surface area (Å²) in [7, 11) is 0. The van der Waals surface area contributed by atoms with Gasteiger partial charge in [0.2, 0.25) is 0 Å². The number of anilines is 1. The molecule has 0 atom stereocenters. The summed E-state index contributed by atoms with van der Waals surface area (Å²) in [6.07, 6.45) is 1.57. The Morgan fingerprint density at radius 3 is 2.83 bits per heavy atom. The van der Waals surface area contributed by atoms with Crippen LogP contribution in [0.5, 0.6) is 0 Å². The Labute approximate surface area is 137 Å². The predicted octanol–water partition coefficient (Wildman–Crippen LogP) is 1.54. The third-order valence-corrected chi connectivity index (χ3v) is 3.25. The van der Waals surface area contributed by atoms with Gasteiger partial charge in [0.25, 0.3) is 17.5 Å². The highest BCUT2D eigenvalue weighted by atomic mass is 16.5. The first-order valence-electron chi connectivity index (χ1n) is 7.25. The van der Waals surface area contributed by atoms with Gasteiger partial charge in [-0.3, -0.25) is 4.79 Å². The number of hydrogen-bond donors (Lipinski definition) is 1. The molecule has 3 aromatic rings. The van der Waals surface area contributed by atoms with E-state index in [-0.39, 0.29) is 5.82 Å². The first kappa shape index (κ1) is 15.6. The van der Waals surface area contributed by atoms with Crippen molar-refractivity contribution in [1.29, 1.82) is 0 Å². The maximum Gasteiger partial charge on any atom is 0.378 e. The minimum Gasteiger partial charge on any atom is -0.450 e. The number of carbonyl (C=O) groups is 2. The van der Waals surface area contributed by atoms with Crippen LogP contribution in [0.2, 0.25) is 0 Å². The molecule has 3 rings (SSSR count). The lowest BCUT2D eigenvalue weighted by Gasteiger charge is -2.06. The van der Waals surface area contributed by atoms with Crippen LogP contribution in [0.1, 0.15) is 21.9 Å². The van der Waals surface area contributed by atoms with Crippen LogP contribution < -0.4 is 5.32 Å². The first-order chi connectivity index (χ1) is 11.5. The number of amides is 1. The second kappa shape index (κ2) is 6.45. The zero-order valence-corrected chi connectivity index (χ0v) is 13.2. The van der Waals surface area contributed by atoms with Gasteiger partial charge >= 0.3 is 5.97 Å². The lowest BCUT2D eigenvalue weighted by molar-refractivity contribution is -0.119. The van der Waals surface area contributed by atoms with Gasteiger partial charge in [0.1, 0.15) is 0 Å². The minimum absolute atomic E-state index is 0.139. The summed E-state index contributed by atoms with van der Waals surface area (Å²) in [5, 5.41) is 6.67. The van der Waals surface area contributed by atoms with Gasteiger partial charge < -0.3 is 10.1 Å². The average molecular weight is 325 g/mol. The molecular weight excluding hydrogens is 310 g/mol. The number of ether oxygens (including phenoxy) is 1. The Balaban J connectivity index is 1.62. The van der Waals surface area contributed by atoms with Crippen molar-refractivity contribution in [2.24, 2.45) is 0 Å². The molecule has 0 saturated heterocycles. The van der Waals surface area contributed by atoms with E-state index in [0.717, 1.165) is 11.3 Å². The van der Waals surface area contributed by atoms with Crippen molar-refractivity contribution in [3.05, 3.63) is 53.6 Å². The van der Waals surface area contributed by atoms with Crippen molar-refractivity contribution in [2.45, 2.75) is 13.8 Å². The van der Waals surface area contributed by atoms with E-state index in [9.17, 15) is 9.59 Å². The van der Waals surface area contributed by atoms with Gasteiger partial charge in [-0.15, -0.1) is 5.10 Å². The molecule has 8 heteroatoms. The molecule has 0 radical (unpaired) electrons. The molecule has 122 valence electrons. The maximum absolute atomic E-state index is 12.0. The largest absolute Gasteiger partial charge is 0.450 e. The zero-order chi connectivity index (χ0) is 17.1. The van der Waals surface area contributed by atoms with Crippen LogP contribution in [0, 0.1) is 13.8 Å². The molecule has 8 nitrogen and oxygen atoms in total. The number of esters is 1. The topological polar surface area (TPSA) is 98.5 Å². The Kier molecular flexibility index (Phi) is 4.19. The molecule has 2 aromatic heterocycles. The normalized spacial score (nSPS) is 10.6. The van der Waals surface area contributed by atoms with Gasteiger partial charge in [-0.2, -0.15) is 4.98 Å².